The highest BCUT2D eigenvalue weighted by molar-refractivity contribution is 9.10. The number of hydrazine groups is 1. The fraction of sp³-hybridized carbons (Fsp3) is 0.786. The molecule has 1 aliphatic rings. The molecule has 1 aliphatic carbocycles. The van der Waals surface area contributed by atoms with Crippen LogP contribution in [0.1, 0.15) is 44.0 Å². The molecule has 1 saturated carbocycles. The number of hydrogen-bond acceptors (Lipinski definition) is 4. The molecule has 3 N–H and O–H groups in total. The van der Waals surface area contributed by atoms with E-state index in [2.05, 4.69) is 33.4 Å². The molecule has 1 atom stereocenters. The maximum atomic E-state index is 5.85. The van der Waals surface area contributed by atoms with Gasteiger partial charge >= 0.3 is 0 Å². The van der Waals surface area contributed by atoms with Crippen LogP contribution in [-0.2, 0) is 24.6 Å². The van der Waals surface area contributed by atoms with Gasteiger partial charge in [-0.2, -0.15) is 5.10 Å². The van der Waals surface area contributed by atoms with E-state index in [0.717, 1.165) is 35.8 Å². The lowest BCUT2D eigenvalue weighted by molar-refractivity contribution is -0.0360. The predicted molar refractivity (Wildman–Crippen MR) is 83.3 cm³/mol. The molecule has 0 saturated heterocycles. The summed E-state index contributed by atoms with van der Waals surface area (Å²) in [6.07, 6.45) is 6.28. The van der Waals surface area contributed by atoms with Crippen LogP contribution in [0.3, 0.4) is 0 Å². The average molecular weight is 345 g/mol. The second-order valence-electron chi connectivity index (χ2n) is 5.58. The van der Waals surface area contributed by atoms with E-state index in [1.54, 1.807) is 7.11 Å². The van der Waals surface area contributed by atoms with Crippen molar-refractivity contribution in [2.24, 2.45) is 12.9 Å². The van der Waals surface area contributed by atoms with Crippen LogP contribution in [0.5, 0.6) is 0 Å². The maximum Gasteiger partial charge on any atom is 0.0848 e. The molecule has 0 bridgehead atoms. The third-order valence-electron chi connectivity index (χ3n) is 4.59. The van der Waals surface area contributed by atoms with Crippen LogP contribution >= 0.6 is 15.9 Å². The second-order valence-corrected chi connectivity index (χ2v) is 6.38. The summed E-state index contributed by atoms with van der Waals surface area (Å²) in [5.41, 5.74) is 5.10. The lowest BCUT2D eigenvalue weighted by Crippen LogP contribution is -2.54. The Morgan fingerprint density at radius 3 is 2.60 bits per heavy atom. The third-order valence-corrected chi connectivity index (χ3v) is 5.51. The molecule has 0 spiro atoms. The van der Waals surface area contributed by atoms with E-state index in [9.17, 15) is 0 Å². The summed E-state index contributed by atoms with van der Waals surface area (Å²) in [5.74, 6) is 5.83. The van der Waals surface area contributed by atoms with Crippen LogP contribution in [-0.4, -0.2) is 28.5 Å². The number of aromatic nitrogens is 2. The van der Waals surface area contributed by atoms with E-state index in [1.807, 2.05) is 11.7 Å². The van der Waals surface area contributed by atoms with Gasteiger partial charge in [0.15, 0.2) is 0 Å². The minimum absolute atomic E-state index is 0.103. The first kappa shape index (κ1) is 15.9. The number of ether oxygens (including phenoxy) is 1. The minimum Gasteiger partial charge on any atom is -0.377 e. The van der Waals surface area contributed by atoms with Gasteiger partial charge in [0.2, 0.25) is 0 Å². The van der Waals surface area contributed by atoms with Gasteiger partial charge in [0, 0.05) is 20.6 Å². The molecule has 6 heteroatoms. The summed E-state index contributed by atoms with van der Waals surface area (Å²) in [5, 5.41) is 4.55. The fourth-order valence-electron chi connectivity index (χ4n) is 3.30. The smallest absolute Gasteiger partial charge is 0.0848 e. The van der Waals surface area contributed by atoms with Gasteiger partial charge < -0.3 is 4.74 Å². The molecule has 1 aromatic rings. The molecule has 20 heavy (non-hydrogen) atoms. The van der Waals surface area contributed by atoms with Gasteiger partial charge in [-0.15, -0.1) is 0 Å². The van der Waals surface area contributed by atoms with Crippen molar-refractivity contribution in [3.05, 3.63) is 15.9 Å². The Morgan fingerprint density at radius 1 is 1.50 bits per heavy atom. The van der Waals surface area contributed by atoms with Crippen molar-refractivity contribution in [1.82, 2.24) is 15.2 Å². The molecule has 5 nitrogen and oxygen atoms in total. The van der Waals surface area contributed by atoms with Crippen LogP contribution in [0.25, 0.3) is 0 Å². The number of rotatable bonds is 6. The van der Waals surface area contributed by atoms with E-state index in [-0.39, 0.29) is 11.6 Å². The number of nitrogens with one attached hydrogen (secondary N) is 1. The van der Waals surface area contributed by atoms with Gasteiger partial charge in [0.25, 0.3) is 0 Å². The highest BCUT2D eigenvalue weighted by atomic mass is 79.9. The maximum absolute atomic E-state index is 5.85. The Hall–Kier alpha value is -0.430. The molecule has 0 aliphatic heterocycles. The molecular weight excluding hydrogens is 320 g/mol. The van der Waals surface area contributed by atoms with Crippen LogP contribution in [0, 0.1) is 0 Å². The third kappa shape index (κ3) is 2.79. The Bertz CT molecular complexity index is 454. The van der Waals surface area contributed by atoms with Crippen LogP contribution in [0.15, 0.2) is 4.47 Å². The van der Waals surface area contributed by atoms with Crippen LogP contribution in [0.2, 0.25) is 0 Å². The summed E-state index contributed by atoms with van der Waals surface area (Å²) in [7, 11) is 3.78. The Balaban J connectivity index is 2.24. The highest BCUT2D eigenvalue weighted by Gasteiger charge is 2.41. The predicted octanol–water partition coefficient (Wildman–Crippen LogP) is 2.08. The lowest BCUT2D eigenvalue weighted by atomic mass is 9.89. The number of methoxy groups -OCH3 is 1. The van der Waals surface area contributed by atoms with E-state index in [4.69, 9.17) is 10.6 Å². The number of aryl methyl sites for hydroxylation is 2. The topological polar surface area (TPSA) is 65.1 Å². The first-order valence-electron chi connectivity index (χ1n) is 7.29. The molecule has 0 amide bonds. The molecular formula is C14H25BrN4O. The van der Waals surface area contributed by atoms with E-state index >= 15 is 0 Å². The molecule has 1 heterocycles. The van der Waals surface area contributed by atoms with Crippen molar-refractivity contribution < 1.29 is 4.74 Å². The van der Waals surface area contributed by atoms with Gasteiger partial charge in [-0.3, -0.25) is 16.0 Å². The minimum atomic E-state index is -0.148. The number of nitrogens with zero attached hydrogens (tertiary/aromatic N) is 2. The summed E-state index contributed by atoms with van der Waals surface area (Å²) in [6, 6.07) is 0.103. The summed E-state index contributed by atoms with van der Waals surface area (Å²) in [4.78, 5) is 0. The molecule has 0 radical (unpaired) electrons. The van der Waals surface area contributed by atoms with Crippen molar-refractivity contribution >= 4 is 15.9 Å². The molecule has 1 fully saturated rings. The van der Waals surface area contributed by atoms with Gasteiger partial charge in [0.1, 0.15) is 0 Å². The van der Waals surface area contributed by atoms with Crippen molar-refractivity contribution in [2.75, 3.05) is 7.11 Å². The van der Waals surface area contributed by atoms with E-state index in [1.165, 1.54) is 18.5 Å². The largest absolute Gasteiger partial charge is 0.377 e. The Morgan fingerprint density at radius 2 is 2.15 bits per heavy atom. The zero-order chi connectivity index (χ0) is 14.8. The molecule has 1 aromatic heterocycles. The van der Waals surface area contributed by atoms with E-state index < -0.39 is 0 Å². The van der Waals surface area contributed by atoms with E-state index in [0.29, 0.717) is 0 Å². The Kier molecular flexibility index (Phi) is 5.23. The standard InChI is InChI=1S/C14H25BrN4O/c1-4-10-13(15)11(19(2)18-10)9-12(17-16)14(20-3)7-5-6-8-14/h12,17H,4-9,16H2,1-3H3. The normalized spacial score (nSPS) is 19.4. The average Bonchev–Trinajstić information content (AvgIpc) is 3.03. The van der Waals surface area contributed by atoms with Crippen molar-refractivity contribution in [3.8, 4) is 0 Å². The zero-order valence-corrected chi connectivity index (χ0v) is 14.2. The number of halogens is 1. The lowest BCUT2D eigenvalue weighted by Gasteiger charge is -2.36. The molecule has 2 rings (SSSR count). The summed E-state index contributed by atoms with van der Waals surface area (Å²) >= 11 is 3.68. The van der Waals surface area contributed by atoms with Gasteiger partial charge in [0.05, 0.1) is 27.5 Å². The molecule has 1 unspecified atom stereocenters. The summed E-state index contributed by atoms with van der Waals surface area (Å²) in [6.45, 7) is 2.11. The van der Waals surface area contributed by atoms with Gasteiger partial charge in [-0.05, 0) is 35.2 Å². The van der Waals surface area contributed by atoms with Crippen molar-refractivity contribution in [2.45, 2.75) is 57.1 Å². The zero-order valence-electron chi connectivity index (χ0n) is 12.6. The van der Waals surface area contributed by atoms with Crippen molar-refractivity contribution in [1.29, 1.82) is 0 Å². The van der Waals surface area contributed by atoms with Crippen LogP contribution < -0.4 is 11.3 Å². The fourth-order valence-corrected chi connectivity index (χ4v) is 4.08. The SMILES string of the molecule is CCc1nn(C)c(CC(NN)C2(OC)CCCC2)c1Br. The second kappa shape index (κ2) is 6.56. The monoisotopic (exact) mass is 344 g/mol. The quantitative estimate of drug-likeness (QED) is 0.612. The highest BCUT2D eigenvalue weighted by Crippen LogP contribution is 2.37. The number of hydrogen-bond donors (Lipinski definition) is 2. The van der Waals surface area contributed by atoms with Crippen LogP contribution in [0.4, 0.5) is 0 Å². The first-order valence-corrected chi connectivity index (χ1v) is 8.08. The van der Waals surface area contributed by atoms with Gasteiger partial charge in [-0.25, -0.2) is 0 Å². The first-order chi connectivity index (χ1) is 9.57. The molecule has 0 aromatic carbocycles. The van der Waals surface area contributed by atoms with Crippen molar-refractivity contribution in [3.63, 3.8) is 0 Å². The van der Waals surface area contributed by atoms with Gasteiger partial charge in [-0.1, -0.05) is 19.8 Å². The summed E-state index contributed by atoms with van der Waals surface area (Å²) < 4.78 is 8.90. The molecule has 114 valence electrons. The Labute approximate surface area is 129 Å². The number of nitrogens with two attached hydrogens (primary N) is 1.